The summed E-state index contributed by atoms with van der Waals surface area (Å²) >= 11 is 0. The summed E-state index contributed by atoms with van der Waals surface area (Å²) < 4.78 is 5.27. The van der Waals surface area contributed by atoms with E-state index in [1.54, 1.807) is 36.5 Å². The molecule has 1 aliphatic rings. The van der Waals surface area contributed by atoms with Crippen molar-refractivity contribution in [3.63, 3.8) is 0 Å². The van der Waals surface area contributed by atoms with E-state index in [0.717, 1.165) is 24.2 Å². The normalized spacial score (nSPS) is 14.8. The van der Waals surface area contributed by atoms with Gasteiger partial charge < -0.3 is 15.6 Å². The van der Waals surface area contributed by atoms with Gasteiger partial charge in [0.2, 0.25) is 5.89 Å². The molecule has 0 saturated heterocycles. The number of hydrogen-bond acceptors (Lipinski definition) is 6. The number of nitrogens with one attached hydrogen (secondary N) is 1. The number of nitrogens with two attached hydrogens (primary N) is 1. The number of carbonyl (C=O) groups excluding carboxylic acids is 1. The van der Waals surface area contributed by atoms with Gasteiger partial charge in [0.1, 0.15) is 6.04 Å². The molecule has 1 aliphatic carbocycles. The summed E-state index contributed by atoms with van der Waals surface area (Å²) in [7, 11) is 0. The topological polar surface area (TPSA) is 107 Å². The van der Waals surface area contributed by atoms with Crippen LogP contribution in [0.25, 0.3) is 11.3 Å². The molecule has 1 aromatic carbocycles. The summed E-state index contributed by atoms with van der Waals surface area (Å²) in [4.78, 5) is 21.3. The Labute approximate surface area is 150 Å². The van der Waals surface area contributed by atoms with E-state index in [0.29, 0.717) is 28.8 Å². The van der Waals surface area contributed by atoms with Crippen LogP contribution in [0.2, 0.25) is 0 Å². The Morgan fingerprint density at radius 2 is 2.15 bits per heavy atom. The van der Waals surface area contributed by atoms with Gasteiger partial charge in [-0.1, -0.05) is 17.3 Å². The van der Waals surface area contributed by atoms with Crippen molar-refractivity contribution < 1.29 is 9.32 Å². The maximum Gasteiger partial charge on any atom is 0.251 e. The fourth-order valence-electron chi connectivity index (χ4n) is 2.74. The smallest absolute Gasteiger partial charge is 0.251 e. The van der Waals surface area contributed by atoms with Crippen LogP contribution < -0.4 is 11.1 Å². The molecule has 1 saturated carbocycles. The number of rotatable bonds is 5. The van der Waals surface area contributed by atoms with Crippen molar-refractivity contribution in [3.8, 4) is 11.3 Å². The maximum absolute atomic E-state index is 12.6. The first-order valence-electron chi connectivity index (χ1n) is 8.57. The second-order valence-electron chi connectivity index (χ2n) is 6.48. The predicted octanol–water partition coefficient (Wildman–Crippen LogP) is 3.08. The van der Waals surface area contributed by atoms with Gasteiger partial charge in [0.25, 0.3) is 5.91 Å². The Kier molecular flexibility index (Phi) is 4.12. The number of benzene rings is 1. The summed E-state index contributed by atoms with van der Waals surface area (Å²) in [6.07, 6.45) is 3.87. The number of amides is 1. The number of nitrogens with zero attached hydrogens (tertiary/aromatic N) is 3. The second kappa shape index (κ2) is 6.59. The largest absolute Gasteiger partial charge is 0.397 e. The van der Waals surface area contributed by atoms with Crippen LogP contribution in [0.3, 0.4) is 0 Å². The Morgan fingerprint density at radius 1 is 1.31 bits per heavy atom. The molecule has 0 radical (unpaired) electrons. The molecule has 3 N–H and O–H groups in total. The monoisotopic (exact) mass is 349 g/mol. The van der Waals surface area contributed by atoms with Crippen LogP contribution >= 0.6 is 0 Å². The molecule has 1 fully saturated rings. The summed E-state index contributed by atoms with van der Waals surface area (Å²) in [6, 6.07) is 10.4. The van der Waals surface area contributed by atoms with Crippen LogP contribution in [0.4, 0.5) is 5.69 Å². The van der Waals surface area contributed by atoms with E-state index in [-0.39, 0.29) is 11.9 Å². The van der Waals surface area contributed by atoms with E-state index in [1.165, 1.54) is 0 Å². The van der Waals surface area contributed by atoms with Crippen LogP contribution in [0.1, 0.15) is 53.8 Å². The third-order valence-electron chi connectivity index (χ3n) is 4.36. The lowest BCUT2D eigenvalue weighted by Crippen LogP contribution is -2.26. The van der Waals surface area contributed by atoms with Crippen molar-refractivity contribution >= 4 is 11.6 Å². The number of carbonyl (C=O) groups is 1. The number of nitrogen functional groups attached to an aromatic ring is 1. The van der Waals surface area contributed by atoms with Crippen molar-refractivity contribution in [3.05, 3.63) is 59.9 Å². The lowest BCUT2D eigenvalue weighted by molar-refractivity contribution is 0.0932. The minimum Gasteiger partial charge on any atom is -0.397 e. The van der Waals surface area contributed by atoms with Crippen molar-refractivity contribution in [1.82, 2.24) is 20.4 Å². The summed E-state index contributed by atoms with van der Waals surface area (Å²) in [5.74, 6) is 1.34. The molecule has 3 aromatic rings. The Morgan fingerprint density at radius 3 is 2.92 bits per heavy atom. The molecule has 2 aromatic heterocycles. The van der Waals surface area contributed by atoms with Gasteiger partial charge in [-0.25, -0.2) is 0 Å². The van der Waals surface area contributed by atoms with Gasteiger partial charge in [-0.3, -0.25) is 9.78 Å². The zero-order valence-electron chi connectivity index (χ0n) is 14.3. The zero-order chi connectivity index (χ0) is 18.1. The van der Waals surface area contributed by atoms with E-state index in [9.17, 15) is 4.79 Å². The van der Waals surface area contributed by atoms with Gasteiger partial charge in [0.15, 0.2) is 5.82 Å². The van der Waals surface area contributed by atoms with Crippen molar-refractivity contribution in [1.29, 1.82) is 0 Å². The van der Waals surface area contributed by atoms with Gasteiger partial charge in [-0.2, -0.15) is 4.98 Å². The fraction of sp³-hybridized carbons (Fsp3) is 0.263. The van der Waals surface area contributed by atoms with Gasteiger partial charge >= 0.3 is 0 Å². The first-order valence-corrected chi connectivity index (χ1v) is 8.57. The van der Waals surface area contributed by atoms with Crippen LogP contribution in [0.5, 0.6) is 0 Å². The molecular weight excluding hydrogens is 330 g/mol. The Bertz CT molecular complexity index is 948. The van der Waals surface area contributed by atoms with Crippen LogP contribution in [0.15, 0.2) is 47.1 Å². The molecule has 2 heterocycles. The van der Waals surface area contributed by atoms with Crippen LogP contribution in [0, 0.1) is 0 Å². The van der Waals surface area contributed by atoms with Crippen LogP contribution in [-0.4, -0.2) is 21.0 Å². The molecule has 0 aliphatic heterocycles. The van der Waals surface area contributed by atoms with E-state index < -0.39 is 0 Å². The molecule has 26 heavy (non-hydrogen) atoms. The molecular formula is C19H19N5O2. The van der Waals surface area contributed by atoms with E-state index >= 15 is 0 Å². The number of anilines is 1. The standard InChI is InChI=1S/C19H19N5O2/c1-11(19-23-17(24-26-19)12-7-8-12)22-18(25)14-5-2-4-13(10-14)16-15(20)6-3-9-21-16/h2-6,9-12H,7-8,20H2,1H3,(H,22,25). The highest BCUT2D eigenvalue weighted by Gasteiger charge is 2.29. The highest BCUT2D eigenvalue weighted by Crippen LogP contribution is 2.38. The Balaban J connectivity index is 1.50. The van der Waals surface area contributed by atoms with Crippen molar-refractivity contribution in [2.75, 3.05) is 5.73 Å². The molecule has 0 bridgehead atoms. The number of aromatic nitrogens is 3. The SMILES string of the molecule is CC(NC(=O)c1cccc(-c2ncccc2N)c1)c1nc(C2CC2)no1. The third-order valence-corrected chi connectivity index (χ3v) is 4.36. The highest BCUT2D eigenvalue weighted by atomic mass is 16.5. The number of pyridine rings is 1. The van der Waals surface area contributed by atoms with E-state index in [1.807, 2.05) is 13.0 Å². The second-order valence-corrected chi connectivity index (χ2v) is 6.48. The van der Waals surface area contributed by atoms with Crippen molar-refractivity contribution in [2.45, 2.75) is 31.7 Å². The average Bonchev–Trinajstić information content (AvgIpc) is 3.38. The minimum atomic E-state index is -0.369. The van der Waals surface area contributed by atoms with Crippen LogP contribution in [-0.2, 0) is 0 Å². The van der Waals surface area contributed by atoms with Gasteiger partial charge in [0, 0.05) is 23.2 Å². The summed E-state index contributed by atoms with van der Waals surface area (Å²) in [5.41, 5.74) is 8.50. The molecule has 0 spiro atoms. The minimum absolute atomic E-state index is 0.222. The predicted molar refractivity (Wildman–Crippen MR) is 96.2 cm³/mol. The van der Waals surface area contributed by atoms with Gasteiger partial charge in [0.05, 0.1) is 11.4 Å². The van der Waals surface area contributed by atoms with Crippen molar-refractivity contribution in [2.24, 2.45) is 0 Å². The lowest BCUT2D eigenvalue weighted by Gasteiger charge is -2.11. The van der Waals surface area contributed by atoms with E-state index in [2.05, 4.69) is 20.4 Å². The zero-order valence-corrected chi connectivity index (χ0v) is 14.3. The molecule has 132 valence electrons. The summed E-state index contributed by atoms with van der Waals surface area (Å²) in [5, 5.41) is 6.87. The Hall–Kier alpha value is -3.22. The first-order chi connectivity index (χ1) is 12.6. The molecule has 4 rings (SSSR count). The number of hydrogen-bond donors (Lipinski definition) is 2. The molecule has 7 heteroatoms. The maximum atomic E-state index is 12.6. The molecule has 7 nitrogen and oxygen atoms in total. The van der Waals surface area contributed by atoms with Gasteiger partial charge in [-0.05, 0) is 44.0 Å². The average molecular weight is 349 g/mol. The highest BCUT2D eigenvalue weighted by molar-refractivity contribution is 5.95. The molecule has 1 unspecified atom stereocenters. The lowest BCUT2D eigenvalue weighted by atomic mass is 10.1. The quantitative estimate of drug-likeness (QED) is 0.733. The third kappa shape index (κ3) is 3.28. The molecule has 1 amide bonds. The summed E-state index contributed by atoms with van der Waals surface area (Å²) in [6.45, 7) is 1.82. The first kappa shape index (κ1) is 16.3. The fourth-order valence-corrected chi connectivity index (χ4v) is 2.74. The van der Waals surface area contributed by atoms with E-state index in [4.69, 9.17) is 10.3 Å². The van der Waals surface area contributed by atoms with Gasteiger partial charge in [-0.15, -0.1) is 0 Å². The molecule has 1 atom stereocenters.